The number of benzene rings is 2. The van der Waals surface area contributed by atoms with Crippen molar-refractivity contribution in [2.45, 2.75) is 6.92 Å². The number of hydrogen-bond donors (Lipinski definition) is 1. The van der Waals surface area contributed by atoms with Crippen LogP contribution in [0.3, 0.4) is 0 Å². The van der Waals surface area contributed by atoms with Gasteiger partial charge in [0, 0.05) is 16.6 Å². The Morgan fingerprint density at radius 1 is 1.23 bits per heavy atom. The molecular formula is C22H19N3O5S. The number of ether oxygens (including phenoxy) is 2. The zero-order valence-electron chi connectivity index (χ0n) is 16.7. The second kappa shape index (κ2) is 8.97. The summed E-state index contributed by atoms with van der Waals surface area (Å²) in [4.78, 5) is 42.5. The van der Waals surface area contributed by atoms with Crippen LogP contribution >= 0.6 is 11.3 Å². The molecule has 9 heteroatoms. The van der Waals surface area contributed by atoms with Gasteiger partial charge in [0.05, 0.1) is 29.1 Å². The van der Waals surface area contributed by atoms with Gasteiger partial charge in [-0.15, -0.1) is 11.3 Å². The van der Waals surface area contributed by atoms with E-state index in [2.05, 4.69) is 10.3 Å². The molecule has 8 nitrogen and oxygen atoms in total. The van der Waals surface area contributed by atoms with E-state index in [-0.39, 0.29) is 31.6 Å². The van der Waals surface area contributed by atoms with E-state index in [4.69, 9.17) is 9.47 Å². The number of hydrogen-bond acceptors (Lipinski definition) is 7. The lowest BCUT2D eigenvalue weighted by molar-refractivity contribution is -0.123. The van der Waals surface area contributed by atoms with Gasteiger partial charge in [-0.25, -0.2) is 9.78 Å². The highest BCUT2D eigenvalue weighted by Gasteiger charge is 2.28. The quantitative estimate of drug-likeness (QED) is 0.594. The highest BCUT2D eigenvalue weighted by atomic mass is 32.1. The first-order valence-electron chi connectivity index (χ1n) is 9.58. The van der Waals surface area contributed by atoms with Gasteiger partial charge in [-0.3, -0.25) is 14.5 Å². The molecule has 4 rings (SSSR count). The van der Waals surface area contributed by atoms with E-state index in [0.29, 0.717) is 22.7 Å². The van der Waals surface area contributed by atoms with Gasteiger partial charge in [0.25, 0.3) is 5.91 Å². The Morgan fingerprint density at radius 2 is 2.03 bits per heavy atom. The minimum Gasteiger partial charge on any atom is -0.482 e. The third-order valence-corrected chi connectivity index (χ3v) is 5.20. The number of fused-ring (bicyclic) bond motifs is 1. The molecule has 1 aromatic heterocycles. The van der Waals surface area contributed by atoms with E-state index in [1.807, 2.05) is 11.4 Å². The Balaban J connectivity index is 1.49. The minimum atomic E-state index is -0.424. The molecule has 0 aliphatic carbocycles. The number of aromatic nitrogens is 1. The fraction of sp³-hybridized carbons (Fsp3) is 0.182. The van der Waals surface area contributed by atoms with Gasteiger partial charge in [0.2, 0.25) is 5.91 Å². The number of amides is 2. The maximum absolute atomic E-state index is 12.6. The van der Waals surface area contributed by atoms with Crippen molar-refractivity contribution >= 4 is 40.5 Å². The molecule has 1 aliphatic rings. The van der Waals surface area contributed by atoms with E-state index in [1.165, 1.54) is 16.2 Å². The van der Waals surface area contributed by atoms with Crippen LogP contribution in [0.15, 0.2) is 53.4 Å². The number of esters is 1. The summed E-state index contributed by atoms with van der Waals surface area (Å²) in [6.07, 6.45) is 0. The monoisotopic (exact) mass is 437 g/mol. The SMILES string of the molecule is CCOC(=O)c1ccc(NC(=O)CN2C(=O)COc3ccc(-c4cscn4)cc32)cc1. The highest BCUT2D eigenvalue weighted by Crippen LogP contribution is 2.36. The summed E-state index contributed by atoms with van der Waals surface area (Å²) in [5.74, 6) is -0.572. The van der Waals surface area contributed by atoms with Crippen LogP contribution in [0.4, 0.5) is 11.4 Å². The van der Waals surface area contributed by atoms with Gasteiger partial charge in [-0.05, 0) is 49.4 Å². The van der Waals surface area contributed by atoms with Gasteiger partial charge in [0.1, 0.15) is 12.3 Å². The van der Waals surface area contributed by atoms with Crippen molar-refractivity contribution in [2.75, 3.05) is 30.0 Å². The molecular weight excluding hydrogens is 418 g/mol. The molecule has 0 bridgehead atoms. The third-order valence-electron chi connectivity index (χ3n) is 4.61. The zero-order valence-corrected chi connectivity index (χ0v) is 17.5. The fourth-order valence-electron chi connectivity index (χ4n) is 3.14. The number of nitrogens with one attached hydrogen (secondary N) is 1. The van der Waals surface area contributed by atoms with E-state index in [0.717, 1.165) is 11.3 Å². The maximum atomic E-state index is 12.6. The summed E-state index contributed by atoms with van der Waals surface area (Å²) in [7, 11) is 0. The average Bonchev–Trinajstić information content (AvgIpc) is 3.31. The van der Waals surface area contributed by atoms with E-state index in [9.17, 15) is 14.4 Å². The van der Waals surface area contributed by atoms with Crippen molar-refractivity contribution in [1.82, 2.24) is 4.98 Å². The van der Waals surface area contributed by atoms with Crippen LogP contribution < -0.4 is 15.0 Å². The first-order chi connectivity index (χ1) is 15.0. The molecule has 2 amide bonds. The third kappa shape index (κ3) is 4.56. The van der Waals surface area contributed by atoms with E-state index < -0.39 is 5.97 Å². The fourth-order valence-corrected chi connectivity index (χ4v) is 3.70. The number of nitrogens with zero attached hydrogens (tertiary/aromatic N) is 2. The van der Waals surface area contributed by atoms with E-state index in [1.54, 1.807) is 48.8 Å². The predicted molar refractivity (Wildman–Crippen MR) is 116 cm³/mol. The second-order valence-electron chi connectivity index (χ2n) is 6.67. The molecule has 1 aliphatic heterocycles. The number of anilines is 2. The lowest BCUT2D eigenvalue weighted by Gasteiger charge is -2.29. The van der Waals surface area contributed by atoms with E-state index >= 15 is 0 Å². The van der Waals surface area contributed by atoms with Crippen LogP contribution in [-0.4, -0.2) is 42.5 Å². The second-order valence-corrected chi connectivity index (χ2v) is 7.39. The van der Waals surface area contributed by atoms with Crippen molar-refractivity contribution in [3.8, 4) is 17.0 Å². The summed E-state index contributed by atoms with van der Waals surface area (Å²) in [5, 5.41) is 4.65. The van der Waals surface area contributed by atoms with Crippen LogP contribution in [0, 0.1) is 0 Å². The topological polar surface area (TPSA) is 97.8 Å². The van der Waals surface area contributed by atoms with Crippen molar-refractivity contribution in [3.05, 3.63) is 58.9 Å². The van der Waals surface area contributed by atoms with Gasteiger partial charge in [-0.1, -0.05) is 0 Å². The molecule has 2 aromatic carbocycles. The summed E-state index contributed by atoms with van der Waals surface area (Å²) >= 11 is 1.47. The van der Waals surface area contributed by atoms with Gasteiger partial charge in [0.15, 0.2) is 6.61 Å². The molecule has 1 N–H and O–H groups in total. The Hall–Kier alpha value is -3.72. The van der Waals surface area contributed by atoms with Crippen LogP contribution in [0.2, 0.25) is 0 Å². The molecule has 0 saturated heterocycles. The average molecular weight is 437 g/mol. The maximum Gasteiger partial charge on any atom is 0.338 e. The molecule has 0 unspecified atom stereocenters. The molecule has 3 aromatic rings. The number of carbonyl (C=O) groups excluding carboxylic acids is 3. The lowest BCUT2D eigenvalue weighted by Crippen LogP contribution is -2.43. The number of thiazole rings is 1. The van der Waals surface area contributed by atoms with Gasteiger partial charge < -0.3 is 14.8 Å². The Morgan fingerprint density at radius 3 is 2.74 bits per heavy atom. The molecule has 0 radical (unpaired) electrons. The largest absolute Gasteiger partial charge is 0.482 e. The Kier molecular flexibility index (Phi) is 5.94. The van der Waals surface area contributed by atoms with Crippen LogP contribution in [0.5, 0.6) is 5.75 Å². The number of rotatable bonds is 6. The van der Waals surface area contributed by atoms with Crippen LogP contribution in [0.1, 0.15) is 17.3 Å². The lowest BCUT2D eigenvalue weighted by atomic mass is 10.1. The van der Waals surface area contributed by atoms with Crippen molar-refractivity contribution < 1.29 is 23.9 Å². The first-order valence-corrected chi connectivity index (χ1v) is 10.5. The molecule has 158 valence electrons. The van der Waals surface area contributed by atoms with Crippen LogP contribution in [-0.2, 0) is 14.3 Å². The zero-order chi connectivity index (χ0) is 21.8. The normalized spacial score (nSPS) is 12.7. The molecule has 0 spiro atoms. The van der Waals surface area contributed by atoms with Gasteiger partial charge in [-0.2, -0.15) is 0 Å². The smallest absolute Gasteiger partial charge is 0.338 e. The Bertz CT molecular complexity index is 1110. The summed E-state index contributed by atoms with van der Waals surface area (Å²) in [6, 6.07) is 11.8. The van der Waals surface area contributed by atoms with Crippen LogP contribution in [0.25, 0.3) is 11.3 Å². The van der Waals surface area contributed by atoms with Crippen molar-refractivity contribution in [2.24, 2.45) is 0 Å². The highest BCUT2D eigenvalue weighted by molar-refractivity contribution is 7.07. The molecule has 0 saturated carbocycles. The number of carbonyl (C=O) groups is 3. The summed E-state index contributed by atoms with van der Waals surface area (Å²) in [6.45, 7) is 1.72. The van der Waals surface area contributed by atoms with Crippen molar-refractivity contribution in [1.29, 1.82) is 0 Å². The Labute approximate surface area is 182 Å². The standard InChI is InChI=1S/C22H19N3O5S/c1-2-29-22(28)14-3-6-16(7-4-14)24-20(26)10-25-18-9-15(17-12-31-13-23-17)5-8-19(18)30-11-21(25)27/h3-9,12-13H,2,10-11H2,1H3,(H,24,26). The molecule has 0 fully saturated rings. The van der Waals surface area contributed by atoms with Crippen molar-refractivity contribution in [3.63, 3.8) is 0 Å². The molecule has 0 atom stereocenters. The molecule has 31 heavy (non-hydrogen) atoms. The minimum absolute atomic E-state index is 0.134. The summed E-state index contributed by atoms with van der Waals surface area (Å²) < 4.78 is 10.5. The molecule has 2 heterocycles. The van der Waals surface area contributed by atoms with Gasteiger partial charge >= 0.3 is 5.97 Å². The first kappa shape index (κ1) is 20.5. The predicted octanol–water partition coefficient (Wildman–Crippen LogP) is 3.35. The summed E-state index contributed by atoms with van der Waals surface area (Å²) in [5.41, 5.74) is 4.78.